The Morgan fingerprint density at radius 1 is 1.09 bits per heavy atom. The van der Waals surface area contributed by atoms with E-state index in [1.165, 1.54) is 35.1 Å². The van der Waals surface area contributed by atoms with Gasteiger partial charge in [-0.15, -0.1) is 11.3 Å². The van der Waals surface area contributed by atoms with Crippen molar-refractivity contribution in [2.24, 2.45) is 0 Å². The van der Waals surface area contributed by atoms with Gasteiger partial charge in [0.2, 0.25) is 0 Å². The van der Waals surface area contributed by atoms with Gasteiger partial charge >= 0.3 is 0 Å². The smallest absolute Gasteiger partial charge is 0.145 e. The summed E-state index contributed by atoms with van der Waals surface area (Å²) in [6.45, 7) is 0. The van der Waals surface area contributed by atoms with Crippen LogP contribution in [0.1, 0.15) is 23.3 Å². The molecule has 0 saturated carbocycles. The highest BCUT2D eigenvalue weighted by Gasteiger charge is 2.21. The van der Waals surface area contributed by atoms with Gasteiger partial charge in [-0.1, -0.05) is 0 Å². The highest BCUT2D eigenvalue weighted by atomic mass is 32.1. The Morgan fingerprint density at radius 3 is 2.68 bits per heavy atom. The van der Waals surface area contributed by atoms with Crippen LogP contribution in [0.5, 0.6) is 5.75 Å². The number of aryl methyl sites for hydroxylation is 2. The predicted molar refractivity (Wildman–Crippen MR) is 90.2 cm³/mol. The Morgan fingerprint density at radius 2 is 1.86 bits per heavy atom. The topological polar surface area (TPSA) is 49.2 Å². The molecule has 2 heterocycles. The van der Waals surface area contributed by atoms with E-state index in [0.717, 1.165) is 22.8 Å². The van der Waals surface area contributed by atoms with Gasteiger partial charge in [0.1, 0.15) is 22.7 Å². The van der Waals surface area contributed by atoms with E-state index in [-0.39, 0.29) is 5.75 Å². The molecule has 0 radical (unpaired) electrons. The number of aromatic nitrogens is 2. The largest absolute Gasteiger partial charge is 0.508 e. The molecule has 112 valence electrons. The fraction of sp³-hybridized carbons (Fsp3) is 0.294. The molecule has 1 N–H and O–H groups in total. The van der Waals surface area contributed by atoms with Crippen molar-refractivity contribution in [1.82, 2.24) is 9.97 Å². The van der Waals surface area contributed by atoms with E-state index >= 15 is 0 Å². The molecule has 0 unspecified atom stereocenters. The third-order valence-electron chi connectivity index (χ3n) is 4.29. The summed E-state index contributed by atoms with van der Waals surface area (Å²) < 4.78 is 0. The minimum absolute atomic E-state index is 0.276. The molecule has 22 heavy (non-hydrogen) atoms. The maximum absolute atomic E-state index is 9.46. The van der Waals surface area contributed by atoms with Gasteiger partial charge in [0.25, 0.3) is 0 Å². The zero-order valence-electron chi connectivity index (χ0n) is 12.4. The molecule has 2 aromatic heterocycles. The molecule has 0 aliphatic heterocycles. The van der Waals surface area contributed by atoms with Crippen molar-refractivity contribution in [3.05, 3.63) is 41.0 Å². The van der Waals surface area contributed by atoms with E-state index < -0.39 is 0 Å². The molecule has 0 saturated heterocycles. The highest BCUT2D eigenvalue weighted by Crippen LogP contribution is 2.40. The molecule has 4 nitrogen and oxygen atoms in total. The molecule has 1 aliphatic rings. The van der Waals surface area contributed by atoms with Gasteiger partial charge in [-0.05, 0) is 55.5 Å². The Bertz CT molecular complexity index is 826. The standard InChI is InChI=1S/C17H17N3OS/c1-20(11-6-8-12(21)9-7-11)16-15-13-4-2-3-5-14(13)22-17(15)19-10-18-16/h6-10,21H,2-5H2,1H3. The molecule has 0 atom stereocenters. The van der Waals surface area contributed by atoms with E-state index in [4.69, 9.17) is 0 Å². The van der Waals surface area contributed by atoms with E-state index in [9.17, 15) is 5.11 Å². The van der Waals surface area contributed by atoms with E-state index in [0.29, 0.717) is 0 Å². The molecule has 0 fully saturated rings. The van der Waals surface area contributed by atoms with Gasteiger partial charge in [-0.25, -0.2) is 9.97 Å². The van der Waals surface area contributed by atoms with Crippen molar-refractivity contribution in [1.29, 1.82) is 0 Å². The van der Waals surface area contributed by atoms with Crippen molar-refractivity contribution >= 4 is 33.1 Å². The van der Waals surface area contributed by atoms with Crippen LogP contribution in [0.2, 0.25) is 0 Å². The van der Waals surface area contributed by atoms with Crippen LogP contribution in [-0.2, 0) is 12.8 Å². The third kappa shape index (κ3) is 2.13. The van der Waals surface area contributed by atoms with E-state index in [1.54, 1.807) is 18.5 Å². The molecule has 5 heteroatoms. The number of fused-ring (bicyclic) bond motifs is 3. The first-order valence-electron chi connectivity index (χ1n) is 7.52. The summed E-state index contributed by atoms with van der Waals surface area (Å²) in [5.41, 5.74) is 2.45. The predicted octanol–water partition coefficient (Wildman–Crippen LogP) is 4.04. The van der Waals surface area contributed by atoms with Gasteiger partial charge in [-0.3, -0.25) is 0 Å². The third-order valence-corrected chi connectivity index (χ3v) is 5.49. The van der Waals surface area contributed by atoms with Crippen molar-refractivity contribution in [2.75, 3.05) is 11.9 Å². The molecular weight excluding hydrogens is 294 g/mol. The summed E-state index contributed by atoms with van der Waals surface area (Å²) in [4.78, 5) is 13.7. The number of hydrogen-bond donors (Lipinski definition) is 1. The van der Waals surface area contributed by atoms with Gasteiger partial charge in [0.15, 0.2) is 0 Å². The highest BCUT2D eigenvalue weighted by molar-refractivity contribution is 7.19. The van der Waals surface area contributed by atoms with Crippen LogP contribution in [0.3, 0.4) is 0 Å². The van der Waals surface area contributed by atoms with Gasteiger partial charge < -0.3 is 10.0 Å². The van der Waals surface area contributed by atoms with Crippen LogP contribution in [-0.4, -0.2) is 22.1 Å². The monoisotopic (exact) mass is 311 g/mol. The molecule has 0 spiro atoms. The number of thiophene rings is 1. The number of nitrogens with zero attached hydrogens (tertiary/aromatic N) is 3. The number of anilines is 2. The van der Waals surface area contributed by atoms with Gasteiger partial charge in [-0.2, -0.15) is 0 Å². The number of benzene rings is 1. The molecule has 4 rings (SSSR count). The lowest BCUT2D eigenvalue weighted by Gasteiger charge is -2.20. The van der Waals surface area contributed by atoms with Crippen LogP contribution in [0.4, 0.5) is 11.5 Å². The average molecular weight is 311 g/mol. The summed E-state index contributed by atoms with van der Waals surface area (Å²) in [7, 11) is 2.01. The van der Waals surface area contributed by atoms with Crippen molar-refractivity contribution in [3.8, 4) is 5.75 Å². The average Bonchev–Trinajstić information content (AvgIpc) is 2.93. The minimum Gasteiger partial charge on any atom is -0.508 e. The molecule has 0 amide bonds. The lowest BCUT2D eigenvalue weighted by molar-refractivity contribution is 0.475. The quantitative estimate of drug-likeness (QED) is 0.776. The second-order valence-electron chi connectivity index (χ2n) is 5.66. The first-order valence-corrected chi connectivity index (χ1v) is 8.33. The summed E-state index contributed by atoms with van der Waals surface area (Å²) in [6, 6.07) is 7.21. The van der Waals surface area contributed by atoms with Crippen LogP contribution >= 0.6 is 11.3 Å². The Hall–Kier alpha value is -2.14. The molecule has 3 aromatic rings. The maximum Gasteiger partial charge on any atom is 0.145 e. The van der Waals surface area contributed by atoms with E-state index in [1.807, 2.05) is 30.5 Å². The van der Waals surface area contributed by atoms with Gasteiger partial charge in [0, 0.05) is 17.6 Å². The summed E-state index contributed by atoms with van der Waals surface area (Å²) in [5.74, 6) is 1.23. The minimum atomic E-state index is 0.276. The van der Waals surface area contributed by atoms with Crippen molar-refractivity contribution in [3.63, 3.8) is 0 Å². The molecule has 1 aromatic carbocycles. The Balaban J connectivity index is 1.87. The molecule has 0 bridgehead atoms. The first-order chi connectivity index (χ1) is 10.7. The normalized spacial score (nSPS) is 14.0. The van der Waals surface area contributed by atoms with Crippen LogP contribution in [0, 0.1) is 0 Å². The summed E-state index contributed by atoms with van der Waals surface area (Å²) in [6.07, 6.45) is 6.46. The summed E-state index contributed by atoms with van der Waals surface area (Å²) in [5, 5.41) is 10.7. The fourth-order valence-electron chi connectivity index (χ4n) is 3.13. The fourth-order valence-corrected chi connectivity index (χ4v) is 4.35. The lowest BCUT2D eigenvalue weighted by Crippen LogP contribution is -2.12. The first kappa shape index (κ1) is 13.5. The summed E-state index contributed by atoms with van der Waals surface area (Å²) >= 11 is 1.81. The molecule has 1 aliphatic carbocycles. The zero-order chi connectivity index (χ0) is 15.1. The van der Waals surface area contributed by atoms with Crippen LogP contribution in [0.25, 0.3) is 10.2 Å². The lowest BCUT2D eigenvalue weighted by atomic mass is 9.97. The number of aromatic hydroxyl groups is 1. The Kier molecular flexibility index (Phi) is 3.22. The zero-order valence-corrected chi connectivity index (χ0v) is 13.2. The second-order valence-corrected chi connectivity index (χ2v) is 6.75. The SMILES string of the molecule is CN(c1ccc(O)cc1)c1ncnc2sc3c(c12)CCCC3. The number of phenolic OH excluding ortho intramolecular Hbond substituents is 1. The number of phenols is 1. The van der Waals surface area contributed by atoms with Crippen molar-refractivity contribution < 1.29 is 5.11 Å². The van der Waals surface area contributed by atoms with Gasteiger partial charge in [0.05, 0.1) is 5.39 Å². The van der Waals surface area contributed by atoms with Crippen LogP contribution < -0.4 is 4.90 Å². The number of rotatable bonds is 2. The number of hydrogen-bond acceptors (Lipinski definition) is 5. The second kappa shape index (κ2) is 5.25. The maximum atomic E-state index is 9.46. The Labute approximate surface area is 133 Å². The van der Waals surface area contributed by atoms with Crippen LogP contribution in [0.15, 0.2) is 30.6 Å². The van der Waals surface area contributed by atoms with Crippen molar-refractivity contribution in [2.45, 2.75) is 25.7 Å². The molecular formula is C17H17N3OS. The van der Waals surface area contributed by atoms with E-state index in [2.05, 4.69) is 14.9 Å².